The second kappa shape index (κ2) is 16.1. The molecule has 3 rings (SSSR count). The molecule has 0 aliphatic rings. The quantitative estimate of drug-likeness (QED) is 0.128. The Morgan fingerprint density at radius 1 is 0.703 bits per heavy atom. The van der Waals surface area contributed by atoms with Gasteiger partial charge in [0.05, 0.1) is 6.61 Å². The Labute approximate surface area is 224 Å². The average Bonchev–Trinajstić information content (AvgIpc) is 2.93. The molecule has 0 saturated carbocycles. The van der Waals surface area contributed by atoms with E-state index in [1.54, 1.807) is 0 Å². The number of ether oxygens (including phenoxy) is 2. The molecular weight excluding hydrogens is 456 g/mol. The van der Waals surface area contributed by atoms with Crippen LogP contribution in [0.5, 0.6) is 11.5 Å². The molecule has 3 aromatic rings. The summed E-state index contributed by atoms with van der Waals surface area (Å²) in [5.74, 6) is 2.41. The van der Waals surface area contributed by atoms with Gasteiger partial charge in [0.15, 0.2) is 5.78 Å². The Morgan fingerprint density at radius 3 is 1.86 bits per heavy atom. The lowest BCUT2D eigenvalue weighted by molar-refractivity contribution is 0.0963. The van der Waals surface area contributed by atoms with E-state index >= 15 is 0 Å². The van der Waals surface area contributed by atoms with Gasteiger partial charge in [0, 0.05) is 12.0 Å². The van der Waals surface area contributed by atoms with Crippen molar-refractivity contribution in [2.45, 2.75) is 98.0 Å². The number of benzene rings is 3. The van der Waals surface area contributed by atoms with Gasteiger partial charge in [-0.1, -0.05) is 115 Å². The normalized spacial score (nSPS) is 12.0. The molecule has 200 valence electrons. The zero-order valence-electron chi connectivity index (χ0n) is 23.3. The number of hydrogen-bond acceptors (Lipinski definition) is 3. The van der Waals surface area contributed by atoms with E-state index in [0.29, 0.717) is 18.9 Å². The Bertz CT molecular complexity index is 1070. The van der Waals surface area contributed by atoms with Gasteiger partial charge in [-0.05, 0) is 52.9 Å². The van der Waals surface area contributed by atoms with E-state index in [4.69, 9.17) is 9.47 Å². The molecule has 3 heteroatoms. The number of Topliss-reactive ketones (excluding diaryl/α,β-unsaturated/α-hetero) is 1. The summed E-state index contributed by atoms with van der Waals surface area (Å²) in [6.07, 6.45) is 13.5. The molecule has 0 aliphatic carbocycles. The first-order valence-electron chi connectivity index (χ1n) is 14.5. The average molecular weight is 503 g/mol. The summed E-state index contributed by atoms with van der Waals surface area (Å²) in [4.78, 5) is 12.4. The van der Waals surface area contributed by atoms with Gasteiger partial charge in [-0.3, -0.25) is 4.79 Å². The van der Waals surface area contributed by atoms with Crippen LogP contribution in [0.25, 0.3) is 10.8 Å². The molecule has 37 heavy (non-hydrogen) atoms. The van der Waals surface area contributed by atoms with Gasteiger partial charge in [-0.25, -0.2) is 0 Å². The molecule has 0 saturated heterocycles. The third-order valence-corrected chi connectivity index (χ3v) is 7.21. The molecule has 0 unspecified atom stereocenters. The van der Waals surface area contributed by atoms with Crippen molar-refractivity contribution >= 4 is 16.6 Å². The Morgan fingerprint density at radius 2 is 1.27 bits per heavy atom. The van der Waals surface area contributed by atoms with Crippen LogP contribution in [0.4, 0.5) is 0 Å². The number of fused-ring (bicyclic) bond motifs is 1. The molecule has 1 atom stereocenters. The van der Waals surface area contributed by atoms with Gasteiger partial charge in [0.2, 0.25) is 0 Å². The van der Waals surface area contributed by atoms with Crippen molar-refractivity contribution in [2.24, 2.45) is 5.92 Å². The second-order valence-electron chi connectivity index (χ2n) is 10.5. The molecule has 0 bridgehead atoms. The van der Waals surface area contributed by atoms with Gasteiger partial charge < -0.3 is 9.47 Å². The fourth-order valence-electron chi connectivity index (χ4n) is 4.52. The number of carbonyl (C=O) groups is 1. The van der Waals surface area contributed by atoms with Gasteiger partial charge in [0.1, 0.15) is 18.1 Å². The van der Waals surface area contributed by atoms with Crippen LogP contribution >= 0.6 is 0 Å². The highest BCUT2D eigenvalue weighted by molar-refractivity contribution is 5.96. The second-order valence-corrected chi connectivity index (χ2v) is 10.5. The fourth-order valence-corrected chi connectivity index (χ4v) is 4.52. The van der Waals surface area contributed by atoms with E-state index in [0.717, 1.165) is 52.8 Å². The Kier molecular flexibility index (Phi) is 12.5. The summed E-state index contributed by atoms with van der Waals surface area (Å²) in [6.45, 7) is 7.77. The van der Waals surface area contributed by atoms with E-state index in [2.05, 4.69) is 51.1 Å². The van der Waals surface area contributed by atoms with Gasteiger partial charge in [0.25, 0.3) is 0 Å². The molecule has 0 fully saturated rings. The minimum absolute atomic E-state index is 0.216. The maximum Gasteiger partial charge on any atom is 0.163 e. The van der Waals surface area contributed by atoms with Crippen molar-refractivity contribution in [3.05, 3.63) is 71.8 Å². The molecule has 0 heterocycles. The molecule has 0 aromatic heterocycles. The minimum atomic E-state index is 0.216. The number of ketones is 1. The highest BCUT2D eigenvalue weighted by atomic mass is 16.5. The number of rotatable bonds is 18. The van der Waals surface area contributed by atoms with Crippen LogP contribution in [0.15, 0.2) is 60.7 Å². The molecule has 3 nitrogen and oxygen atoms in total. The van der Waals surface area contributed by atoms with E-state index in [1.807, 2.05) is 30.3 Å². The van der Waals surface area contributed by atoms with Crippen molar-refractivity contribution in [1.29, 1.82) is 0 Å². The summed E-state index contributed by atoms with van der Waals surface area (Å²) in [6, 6.07) is 20.2. The predicted octanol–water partition coefficient (Wildman–Crippen LogP) is 9.95. The van der Waals surface area contributed by atoms with Crippen LogP contribution in [-0.4, -0.2) is 12.4 Å². The lowest BCUT2D eigenvalue weighted by Crippen LogP contribution is -2.05. The van der Waals surface area contributed by atoms with E-state index in [1.165, 1.54) is 51.4 Å². The van der Waals surface area contributed by atoms with E-state index in [-0.39, 0.29) is 5.78 Å². The lowest BCUT2D eigenvalue weighted by Gasteiger charge is -2.10. The Hall–Kier alpha value is -2.81. The fraction of sp³-hybridized carbons (Fsp3) is 0.500. The summed E-state index contributed by atoms with van der Waals surface area (Å²) < 4.78 is 12.0. The van der Waals surface area contributed by atoms with Crippen molar-refractivity contribution in [3.8, 4) is 11.5 Å². The van der Waals surface area contributed by atoms with Crippen molar-refractivity contribution in [1.82, 2.24) is 0 Å². The summed E-state index contributed by atoms with van der Waals surface area (Å²) >= 11 is 0. The van der Waals surface area contributed by atoms with Crippen LogP contribution in [0.3, 0.4) is 0 Å². The first kappa shape index (κ1) is 28.8. The van der Waals surface area contributed by atoms with Crippen LogP contribution < -0.4 is 9.47 Å². The molecular formula is C34H46O3. The largest absolute Gasteiger partial charge is 0.494 e. The number of carbonyl (C=O) groups excluding carboxylic acids is 1. The van der Waals surface area contributed by atoms with Crippen LogP contribution in [0, 0.1) is 5.92 Å². The van der Waals surface area contributed by atoms with E-state index < -0.39 is 0 Å². The smallest absolute Gasteiger partial charge is 0.163 e. The summed E-state index contributed by atoms with van der Waals surface area (Å²) in [7, 11) is 0. The molecule has 0 spiro atoms. The van der Waals surface area contributed by atoms with Gasteiger partial charge in [-0.15, -0.1) is 0 Å². The molecule has 0 radical (unpaired) electrons. The van der Waals surface area contributed by atoms with Crippen molar-refractivity contribution in [2.75, 3.05) is 6.61 Å². The third kappa shape index (κ3) is 10.2. The summed E-state index contributed by atoms with van der Waals surface area (Å²) in [5.41, 5.74) is 1.84. The SMILES string of the molecule is CCCCCCCCCCCOc1ccc2cc(OCc3ccc(C(=O)C[C@H](C)CC)cc3)ccc2c1. The van der Waals surface area contributed by atoms with E-state index in [9.17, 15) is 4.79 Å². The standard InChI is InChI=1S/C34H46O3/c1-4-6-7-8-9-10-11-12-13-22-36-32-20-18-31-25-33(21-19-30(31)24-32)37-26-28-14-16-29(17-15-28)34(35)23-27(3)5-2/h14-21,24-25,27H,4-13,22-23,26H2,1-3H3/t27-/m1/s1. The highest BCUT2D eigenvalue weighted by Gasteiger charge is 2.10. The van der Waals surface area contributed by atoms with Crippen LogP contribution in [-0.2, 0) is 6.61 Å². The van der Waals surface area contributed by atoms with Crippen molar-refractivity contribution < 1.29 is 14.3 Å². The predicted molar refractivity (Wildman–Crippen MR) is 156 cm³/mol. The maximum absolute atomic E-state index is 12.4. The summed E-state index contributed by atoms with van der Waals surface area (Å²) in [5, 5.41) is 2.29. The number of hydrogen-bond donors (Lipinski definition) is 0. The van der Waals surface area contributed by atoms with Crippen LogP contribution in [0.1, 0.15) is 107 Å². The monoisotopic (exact) mass is 502 g/mol. The lowest BCUT2D eigenvalue weighted by atomic mass is 9.97. The molecule has 0 N–H and O–H groups in total. The zero-order chi connectivity index (χ0) is 26.3. The van der Waals surface area contributed by atoms with Crippen LogP contribution in [0.2, 0.25) is 0 Å². The maximum atomic E-state index is 12.4. The first-order valence-corrected chi connectivity index (χ1v) is 14.5. The molecule has 0 aliphatic heterocycles. The van der Waals surface area contributed by atoms with Gasteiger partial charge in [-0.2, -0.15) is 0 Å². The highest BCUT2D eigenvalue weighted by Crippen LogP contribution is 2.26. The Balaban J connectivity index is 1.40. The zero-order valence-corrected chi connectivity index (χ0v) is 23.3. The number of unbranched alkanes of at least 4 members (excludes halogenated alkanes) is 8. The third-order valence-electron chi connectivity index (χ3n) is 7.21. The minimum Gasteiger partial charge on any atom is -0.494 e. The van der Waals surface area contributed by atoms with Gasteiger partial charge >= 0.3 is 0 Å². The first-order chi connectivity index (χ1) is 18.1. The topological polar surface area (TPSA) is 35.5 Å². The van der Waals surface area contributed by atoms with Crippen molar-refractivity contribution in [3.63, 3.8) is 0 Å². The molecule has 0 amide bonds. The molecule has 3 aromatic carbocycles.